The molecule has 0 saturated carbocycles. The maximum Gasteiger partial charge on any atom is 0.403 e. The highest BCUT2D eigenvalue weighted by molar-refractivity contribution is 7.50. The fourth-order valence-electron chi connectivity index (χ4n) is 3.38. The number of carbonyl (C=O) groups excluding carboxylic acids is 1. The molecule has 2 aromatic heterocycles. The Bertz CT molecular complexity index is 986. The van der Waals surface area contributed by atoms with E-state index in [0.29, 0.717) is 30.1 Å². The van der Waals surface area contributed by atoms with Crippen LogP contribution in [0.3, 0.4) is 0 Å². The van der Waals surface area contributed by atoms with Crippen LogP contribution in [0.5, 0.6) is 5.88 Å². The first-order valence-corrected chi connectivity index (χ1v) is 12.0. The van der Waals surface area contributed by atoms with Crippen LogP contribution in [0.15, 0.2) is 6.33 Å². The monoisotopic (exact) mass is 472 g/mol. The van der Waals surface area contributed by atoms with Gasteiger partial charge in [0.05, 0.1) is 25.6 Å². The van der Waals surface area contributed by atoms with Crippen LogP contribution in [0.1, 0.15) is 39.8 Å². The zero-order valence-corrected chi connectivity index (χ0v) is 19.2. The summed E-state index contributed by atoms with van der Waals surface area (Å²) in [5.41, 5.74) is 6.77. The standard InChI is InChI=1S/C18H29N6O7P/c1-4-13(25)29-7-6-21-32(26,27)30-9-12-8-11(3)17(31-12)24-10-20-14-15(24)22-18(19)23-16(14)28-5-2/h10-12,17H,4-9H2,1-3H3,(H2,19,22,23)(H2,21,26,27). The van der Waals surface area contributed by atoms with Crippen LogP contribution in [0.2, 0.25) is 0 Å². The third-order valence-corrected chi connectivity index (χ3v) is 5.94. The molecule has 1 fully saturated rings. The van der Waals surface area contributed by atoms with Gasteiger partial charge in [0.1, 0.15) is 12.8 Å². The van der Waals surface area contributed by atoms with E-state index in [1.807, 2.05) is 13.8 Å². The number of hydrogen-bond acceptors (Lipinski definition) is 10. The Balaban J connectivity index is 1.59. The van der Waals surface area contributed by atoms with Gasteiger partial charge in [-0.25, -0.2) is 14.6 Å². The van der Waals surface area contributed by atoms with Crippen LogP contribution < -0.4 is 15.6 Å². The van der Waals surface area contributed by atoms with Gasteiger partial charge >= 0.3 is 13.7 Å². The molecule has 0 spiro atoms. The van der Waals surface area contributed by atoms with Crippen molar-refractivity contribution < 1.29 is 33.0 Å². The summed E-state index contributed by atoms with van der Waals surface area (Å²) < 4.78 is 35.5. The van der Waals surface area contributed by atoms with Gasteiger partial charge in [-0.05, 0) is 13.3 Å². The fourth-order valence-corrected chi connectivity index (χ4v) is 4.21. The molecular weight excluding hydrogens is 443 g/mol. The molecular formula is C18H29N6O7P. The van der Waals surface area contributed by atoms with Crippen molar-refractivity contribution in [1.29, 1.82) is 0 Å². The molecule has 1 saturated heterocycles. The summed E-state index contributed by atoms with van der Waals surface area (Å²) in [6.45, 7) is 5.77. The zero-order chi connectivity index (χ0) is 23.3. The quantitative estimate of drug-likeness (QED) is 0.244. The highest BCUT2D eigenvalue weighted by atomic mass is 31.2. The Kier molecular flexibility index (Phi) is 8.01. The van der Waals surface area contributed by atoms with Crippen molar-refractivity contribution in [3.8, 4) is 5.88 Å². The summed E-state index contributed by atoms with van der Waals surface area (Å²) in [6.07, 6.45) is 1.58. The summed E-state index contributed by atoms with van der Waals surface area (Å²) >= 11 is 0. The highest BCUT2D eigenvalue weighted by Crippen LogP contribution is 2.41. The number of imidazole rings is 1. The van der Waals surface area contributed by atoms with Crippen molar-refractivity contribution in [2.45, 2.75) is 45.9 Å². The van der Waals surface area contributed by atoms with E-state index in [9.17, 15) is 14.3 Å². The third-order valence-electron chi connectivity index (χ3n) is 4.82. The molecule has 178 valence electrons. The molecule has 14 heteroatoms. The number of nitrogens with two attached hydrogens (primary N) is 1. The largest absolute Gasteiger partial charge is 0.476 e. The SMILES string of the molecule is CCOc1nc(N)nc2c1ncn2C1OC(COP(=O)(O)NCCOC(=O)CC)CC1C. The molecule has 3 rings (SSSR count). The van der Waals surface area contributed by atoms with Gasteiger partial charge in [0.2, 0.25) is 11.8 Å². The summed E-state index contributed by atoms with van der Waals surface area (Å²) in [4.78, 5) is 33.7. The Labute approximate surface area is 185 Å². The first kappa shape index (κ1) is 24.3. The number of esters is 1. The van der Waals surface area contributed by atoms with Crippen molar-refractivity contribution >= 4 is 30.8 Å². The number of nitrogens with one attached hydrogen (secondary N) is 1. The molecule has 3 heterocycles. The number of rotatable bonds is 11. The predicted octanol–water partition coefficient (Wildman–Crippen LogP) is 1.39. The van der Waals surface area contributed by atoms with E-state index in [4.69, 9.17) is 24.5 Å². The van der Waals surface area contributed by atoms with Crippen LogP contribution in [0.4, 0.5) is 5.95 Å². The lowest BCUT2D eigenvalue weighted by molar-refractivity contribution is -0.143. The Morgan fingerprint density at radius 2 is 2.22 bits per heavy atom. The molecule has 0 radical (unpaired) electrons. The first-order chi connectivity index (χ1) is 15.2. The zero-order valence-electron chi connectivity index (χ0n) is 18.3. The normalized spacial score (nSPS) is 22.7. The summed E-state index contributed by atoms with van der Waals surface area (Å²) in [7, 11) is -4.07. The summed E-state index contributed by atoms with van der Waals surface area (Å²) in [5.74, 6) is 0.0286. The van der Waals surface area contributed by atoms with Gasteiger partial charge in [0, 0.05) is 18.9 Å². The van der Waals surface area contributed by atoms with E-state index in [0.717, 1.165) is 0 Å². The number of nitrogen functional groups attached to an aromatic ring is 1. The van der Waals surface area contributed by atoms with Gasteiger partial charge in [-0.2, -0.15) is 9.97 Å². The molecule has 0 aliphatic carbocycles. The average molecular weight is 472 g/mol. The van der Waals surface area contributed by atoms with Gasteiger partial charge in [0.25, 0.3) is 0 Å². The third kappa shape index (κ3) is 5.93. The number of hydrogen-bond donors (Lipinski definition) is 3. The van der Waals surface area contributed by atoms with E-state index in [1.54, 1.807) is 17.8 Å². The summed E-state index contributed by atoms with van der Waals surface area (Å²) in [5, 5.41) is 2.36. The maximum atomic E-state index is 12.2. The molecule has 0 bridgehead atoms. The molecule has 4 atom stereocenters. The highest BCUT2D eigenvalue weighted by Gasteiger charge is 2.36. The molecule has 4 N–H and O–H groups in total. The second kappa shape index (κ2) is 10.5. The number of nitrogens with zero attached hydrogens (tertiary/aromatic N) is 4. The lowest BCUT2D eigenvalue weighted by atomic mass is 10.1. The maximum absolute atomic E-state index is 12.2. The van der Waals surface area contributed by atoms with Gasteiger partial charge in [-0.1, -0.05) is 13.8 Å². The minimum absolute atomic E-state index is 0.00557. The summed E-state index contributed by atoms with van der Waals surface area (Å²) in [6, 6.07) is 0. The molecule has 2 aromatic rings. The van der Waals surface area contributed by atoms with Gasteiger partial charge in [-0.3, -0.25) is 13.9 Å². The number of ether oxygens (including phenoxy) is 3. The molecule has 1 aliphatic rings. The van der Waals surface area contributed by atoms with E-state index in [-0.39, 0.29) is 44.0 Å². The van der Waals surface area contributed by atoms with E-state index >= 15 is 0 Å². The van der Waals surface area contributed by atoms with Crippen molar-refractivity contribution in [3.05, 3.63) is 6.33 Å². The van der Waals surface area contributed by atoms with Crippen LogP contribution in [-0.4, -0.2) is 62.9 Å². The number of aromatic nitrogens is 4. The molecule has 13 nitrogen and oxygen atoms in total. The second-order valence-electron chi connectivity index (χ2n) is 7.30. The number of anilines is 1. The van der Waals surface area contributed by atoms with E-state index in [2.05, 4.69) is 20.0 Å². The first-order valence-electron chi connectivity index (χ1n) is 10.4. The van der Waals surface area contributed by atoms with Crippen LogP contribution >= 0.6 is 7.75 Å². The molecule has 0 amide bonds. The minimum Gasteiger partial charge on any atom is -0.476 e. The number of carbonyl (C=O) groups is 1. The van der Waals surface area contributed by atoms with Crippen molar-refractivity contribution in [2.24, 2.45) is 5.92 Å². The average Bonchev–Trinajstić information content (AvgIpc) is 3.32. The van der Waals surface area contributed by atoms with Crippen molar-refractivity contribution in [3.63, 3.8) is 0 Å². The van der Waals surface area contributed by atoms with Gasteiger partial charge < -0.3 is 24.8 Å². The Hall–Kier alpha value is -2.31. The lowest BCUT2D eigenvalue weighted by Gasteiger charge is -2.19. The molecule has 32 heavy (non-hydrogen) atoms. The van der Waals surface area contributed by atoms with Crippen molar-refractivity contribution in [2.75, 3.05) is 32.1 Å². The fraction of sp³-hybridized carbons (Fsp3) is 0.667. The van der Waals surface area contributed by atoms with E-state index in [1.165, 1.54) is 0 Å². The second-order valence-corrected chi connectivity index (χ2v) is 8.92. The van der Waals surface area contributed by atoms with Crippen LogP contribution in [0.25, 0.3) is 11.2 Å². The van der Waals surface area contributed by atoms with Crippen LogP contribution in [0, 0.1) is 5.92 Å². The Morgan fingerprint density at radius 1 is 1.44 bits per heavy atom. The van der Waals surface area contributed by atoms with Crippen LogP contribution in [-0.2, 0) is 23.4 Å². The lowest BCUT2D eigenvalue weighted by Crippen LogP contribution is -2.22. The topological polar surface area (TPSA) is 173 Å². The molecule has 1 aliphatic heterocycles. The van der Waals surface area contributed by atoms with Gasteiger partial charge in [-0.15, -0.1) is 0 Å². The smallest absolute Gasteiger partial charge is 0.403 e. The number of fused-ring (bicyclic) bond motifs is 1. The van der Waals surface area contributed by atoms with Crippen molar-refractivity contribution in [1.82, 2.24) is 24.6 Å². The van der Waals surface area contributed by atoms with Gasteiger partial charge in [0.15, 0.2) is 11.2 Å². The minimum atomic E-state index is -4.07. The predicted molar refractivity (Wildman–Crippen MR) is 114 cm³/mol. The van der Waals surface area contributed by atoms with E-state index < -0.39 is 20.1 Å². The Morgan fingerprint density at radius 3 is 2.94 bits per heavy atom. The molecule has 0 aromatic carbocycles. The molecule has 4 unspecified atom stereocenters.